The quantitative estimate of drug-likeness (QED) is 0.442. The molecule has 0 saturated heterocycles. The summed E-state index contributed by atoms with van der Waals surface area (Å²) in [6.45, 7) is 33.5. The van der Waals surface area contributed by atoms with Crippen LogP contribution in [0.3, 0.4) is 0 Å². The van der Waals surface area contributed by atoms with Crippen molar-refractivity contribution < 1.29 is 0 Å². The van der Waals surface area contributed by atoms with Crippen LogP contribution in [0.4, 0.5) is 0 Å². The van der Waals surface area contributed by atoms with Crippen LogP contribution >= 0.6 is 0 Å². The van der Waals surface area contributed by atoms with Gasteiger partial charge in [-0.25, -0.2) is 0 Å². The van der Waals surface area contributed by atoms with Crippen LogP contribution in [0.2, 0.25) is 0 Å². The van der Waals surface area contributed by atoms with E-state index < -0.39 is 0 Å². The molecule has 0 aromatic heterocycles. The molecule has 0 aliphatic heterocycles. The van der Waals surface area contributed by atoms with Gasteiger partial charge in [0.1, 0.15) is 0 Å². The monoisotopic (exact) mass is 432 g/mol. The molecule has 31 heavy (non-hydrogen) atoms. The van der Waals surface area contributed by atoms with Crippen molar-refractivity contribution in [3.05, 3.63) is 71.8 Å². The minimum Gasteiger partial charge on any atom is -0.0683 e. The van der Waals surface area contributed by atoms with E-state index in [0.717, 1.165) is 6.42 Å². The van der Waals surface area contributed by atoms with Gasteiger partial charge in [0.15, 0.2) is 0 Å². The molecule has 184 valence electrons. The van der Waals surface area contributed by atoms with Crippen molar-refractivity contribution in [3.63, 3.8) is 0 Å². The van der Waals surface area contributed by atoms with E-state index in [-0.39, 0.29) is 0 Å². The van der Waals surface area contributed by atoms with Crippen molar-refractivity contribution in [3.8, 4) is 0 Å². The predicted octanol–water partition coefficient (Wildman–Crippen LogP) is 11.5. The highest BCUT2D eigenvalue weighted by molar-refractivity contribution is 5.25. The summed E-state index contributed by atoms with van der Waals surface area (Å²) in [5.74, 6) is 0. The summed E-state index contributed by atoms with van der Waals surface area (Å²) in [6, 6.07) is 21.1. The third-order valence-corrected chi connectivity index (χ3v) is 2.09. The predicted molar refractivity (Wildman–Crippen MR) is 151 cm³/mol. The Morgan fingerprint density at radius 1 is 0.387 bits per heavy atom. The van der Waals surface area contributed by atoms with E-state index in [2.05, 4.69) is 116 Å². The second-order valence-electron chi connectivity index (χ2n) is 9.15. The summed E-state index contributed by atoms with van der Waals surface area (Å²) in [6.07, 6.45) is 1.03. The van der Waals surface area contributed by atoms with Crippen LogP contribution in [-0.4, -0.2) is 0 Å². The van der Waals surface area contributed by atoms with Gasteiger partial charge in [-0.2, -0.15) is 0 Å². The largest absolute Gasteiger partial charge is 0.0683 e. The lowest BCUT2D eigenvalue weighted by Crippen LogP contribution is -1.93. The molecule has 0 atom stereocenters. The number of benzene rings is 2. The fraction of sp³-hybridized carbons (Fsp3) is 0.613. The molecule has 0 radical (unpaired) electrons. The molecule has 0 nitrogen and oxygen atoms in total. The second-order valence-corrected chi connectivity index (χ2v) is 9.15. The maximum Gasteiger partial charge on any atom is -0.00258 e. The Balaban J connectivity index is -0.000000106. The normalized spacial score (nSPS) is 8.77. The first kappa shape index (κ1) is 39.9. The van der Waals surface area contributed by atoms with Crippen molar-refractivity contribution in [2.75, 3.05) is 0 Å². The van der Waals surface area contributed by atoms with Gasteiger partial charge in [0.05, 0.1) is 0 Å². The first-order valence-electron chi connectivity index (χ1n) is 12.5. The topological polar surface area (TPSA) is 0 Å². The molecule has 0 saturated carbocycles. The van der Waals surface area contributed by atoms with E-state index in [1.54, 1.807) is 0 Å². The van der Waals surface area contributed by atoms with Gasteiger partial charge in [-0.15, -0.1) is 0 Å². The Labute approximate surface area is 199 Å². The lowest BCUT2D eigenvalue weighted by molar-refractivity contribution is 0.469. The Morgan fingerprint density at radius 3 is 0.710 bits per heavy atom. The molecule has 2 aromatic rings. The van der Waals surface area contributed by atoms with Crippen LogP contribution in [-0.2, 0) is 6.42 Å². The molecular formula is C31H60. The van der Waals surface area contributed by atoms with E-state index in [9.17, 15) is 0 Å². The average molecular weight is 433 g/mol. The fourth-order valence-corrected chi connectivity index (χ4v) is 1.43. The highest BCUT2D eigenvalue weighted by Gasteiger charge is 1.96. The summed E-state index contributed by atoms with van der Waals surface area (Å²) >= 11 is 0. The average Bonchev–Trinajstić information content (AvgIpc) is 2.73. The number of hydrogen-bond donors (Lipinski definition) is 0. The van der Waals surface area contributed by atoms with Crippen LogP contribution < -0.4 is 0 Å². The summed E-state index contributed by atoms with van der Waals surface area (Å²) in [5.41, 5.74) is 3.74. The second kappa shape index (κ2) is 28.4. The summed E-state index contributed by atoms with van der Waals surface area (Å²) in [4.78, 5) is 0. The summed E-state index contributed by atoms with van der Waals surface area (Å²) in [5, 5.41) is 0. The lowest BCUT2D eigenvalue weighted by atomic mass is 10.0. The maximum atomic E-state index is 2.19. The molecule has 0 aliphatic rings. The zero-order valence-corrected chi connectivity index (χ0v) is 24.5. The molecular weight excluding hydrogens is 372 g/mol. The van der Waals surface area contributed by atoms with Gasteiger partial charge in [0, 0.05) is 0 Å². The van der Waals surface area contributed by atoms with E-state index in [1.165, 1.54) is 11.1 Å². The molecule has 2 rings (SSSR count). The fourth-order valence-electron chi connectivity index (χ4n) is 1.43. The van der Waals surface area contributed by atoms with Crippen molar-refractivity contribution in [2.45, 2.75) is 117 Å². The van der Waals surface area contributed by atoms with E-state index >= 15 is 0 Å². The minimum atomic E-state index is 0.500. The van der Waals surface area contributed by atoms with Crippen molar-refractivity contribution in [2.24, 2.45) is 10.8 Å². The van der Waals surface area contributed by atoms with Gasteiger partial charge in [0.25, 0.3) is 0 Å². The minimum absolute atomic E-state index is 0.500. The number of rotatable bonds is 2. The lowest BCUT2D eigenvalue weighted by Gasteiger charge is -2.05. The Morgan fingerprint density at radius 2 is 0.548 bits per heavy atom. The Bertz CT molecular complexity index is 434. The molecule has 0 spiro atoms. The van der Waals surface area contributed by atoms with Gasteiger partial charge in [-0.1, -0.05) is 171 Å². The van der Waals surface area contributed by atoms with Crippen LogP contribution in [0, 0.1) is 10.8 Å². The van der Waals surface area contributed by atoms with Gasteiger partial charge in [-0.3, -0.25) is 0 Å². The Kier molecular flexibility index (Phi) is 36.6. The molecule has 0 heteroatoms. The molecule has 0 N–H and O–H groups in total. The zero-order valence-electron chi connectivity index (χ0n) is 24.5. The first-order valence-corrected chi connectivity index (χ1v) is 12.5. The molecule has 0 aliphatic carbocycles. The molecule has 0 amide bonds. The van der Waals surface area contributed by atoms with Gasteiger partial charge < -0.3 is 0 Å². The van der Waals surface area contributed by atoms with E-state index in [0.29, 0.717) is 10.8 Å². The van der Waals surface area contributed by atoms with E-state index in [4.69, 9.17) is 0 Å². The highest BCUT2D eigenvalue weighted by Crippen LogP contribution is 2.09. The molecule has 0 fully saturated rings. The standard InChI is InChI=1S/C13H12.2C5H12.4C2H6/c1-3-7-12(8-4-1)11-13-9-5-2-6-10-13;2*1-5(2,3)4;4*1-2/h1-10H,11H2;2*1-4H3;4*1-2H3. The molecule has 0 heterocycles. The molecule has 0 unspecified atom stereocenters. The first-order chi connectivity index (χ1) is 14.4. The molecule has 0 bridgehead atoms. The highest BCUT2D eigenvalue weighted by atomic mass is 14.0. The van der Waals surface area contributed by atoms with Crippen molar-refractivity contribution >= 4 is 0 Å². The van der Waals surface area contributed by atoms with E-state index in [1.807, 2.05) is 55.4 Å². The number of hydrogen-bond acceptors (Lipinski definition) is 0. The third kappa shape index (κ3) is 58.5. The summed E-state index contributed by atoms with van der Waals surface area (Å²) < 4.78 is 0. The van der Waals surface area contributed by atoms with Crippen LogP contribution in [0.1, 0.15) is 122 Å². The smallest absolute Gasteiger partial charge is 0.00258 e. The van der Waals surface area contributed by atoms with Gasteiger partial charge >= 0.3 is 0 Å². The van der Waals surface area contributed by atoms with Crippen molar-refractivity contribution in [1.82, 2.24) is 0 Å². The van der Waals surface area contributed by atoms with Gasteiger partial charge in [0.2, 0.25) is 0 Å². The SMILES string of the molecule is CC.CC.CC.CC.CC(C)(C)C.CC(C)(C)C.c1ccc(Cc2ccccc2)cc1. The van der Waals surface area contributed by atoms with Crippen LogP contribution in [0.15, 0.2) is 60.7 Å². The van der Waals surface area contributed by atoms with Crippen molar-refractivity contribution in [1.29, 1.82) is 0 Å². The zero-order chi connectivity index (χ0) is 25.9. The Hall–Kier alpha value is -1.56. The molecule has 2 aromatic carbocycles. The summed E-state index contributed by atoms with van der Waals surface area (Å²) in [7, 11) is 0. The van der Waals surface area contributed by atoms with Crippen LogP contribution in [0.25, 0.3) is 0 Å². The maximum absolute atomic E-state index is 2.19. The van der Waals surface area contributed by atoms with Gasteiger partial charge in [-0.05, 0) is 28.4 Å². The third-order valence-electron chi connectivity index (χ3n) is 2.09. The van der Waals surface area contributed by atoms with Crippen LogP contribution in [0.5, 0.6) is 0 Å².